The van der Waals surface area contributed by atoms with Gasteiger partial charge >= 0.3 is 0 Å². The fraction of sp³-hybridized carbons (Fsp3) is 0.304. The highest BCUT2D eigenvalue weighted by atomic mass is 16.5. The van der Waals surface area contributed by atoms with E-state index < -0.39 is 0 Å². The van der Waals surface area contributed by atoms with Crippen LogP contribution in [0.1, 0.15) is 23.2 Å². The van der Waals surface area contributed by atoms with Gasteiger partial charge in [0.1, 0.15) is 11.5 Å². The van der Waals surface area contributed by atoms with Gasteiger partial charge in [0.2, 0.25) is 5.89 Å². The molecule has 3 aromatic rings. The minimum atomic E-state index is -0.178. The van der Waals surface area contributed by atoms with Gasteiger partial charge in [0.15, 0.2) is 5.76 Å². The minimum Gasteiger partial charge on any atom is -0.497 e. The Labute approximate surface area is 175 Å². The van der Waals surface area contributed by atoms with Gasteiger partial charge in [-0.2, -0.15) is 0 Å². The van der Waals surface area contributed by atoms with Crippen LogP contribution in [0.3, 0.4) is 0 Å². The first-order valence-electron chi connectivity index (χ1n) is 9.87. The van der Waals surface area contributed by atoms with Gasteiger partial charge in [0.05, 0.1) is 37.6 Å². The van der Waals surface area contributed by atoms with E-state index in [-0.39, 0.29) is 12.0 Å². The van der Waals surface area contributed by atoms with E-state index in [0.717, 1.165) is 25.0 Å². The topological polar surface area (TPSA) is 82.8 Å². The molecule has 0 bridgehead atoms. The van der Waals surface area contributed by atoms with E-state index >= 15 is 0 Å². The summed E-state index contributed by atoms with van der Waals surface area (Å²) >= 11 is 0. The monoisotopic (exact) mass is 408 g/mol. The van der Waals surface area contributed by atoms with Crippen LogP contribution in [-0.4, -0.2) is 44.4 Å². The standard InChI is InChI=1S/C23H24N2O5/c1-27-15-9-10-19(20(12-15)28-2)21-14-25-23(30-21)18-8-4-3-7-17(18)22(26)24-13-16-6-5-11-29-16/h3-4,7-10,12,14,16H,5-6,11,13H2,1-2H3,(H,24,26). The highest BCUT2D eigenvalue weighted by Gasteiger charge is 2.20. The lowest BCUT2D eigenvalue weighted by Crippen LogP contribution is -2.32. The number of nitrogens with zero attached hydrogens (tertiary/aromatic N) is 1. The van der Waals surface area contributed by atoms with Crippen molar-refractivity contribution in [3.63, 3.8) is 0 Å². The maximum atomic E-state index is 12.8. The van der Waals surface area contributed by atoms with Crippen molar-refractivity contribution in [3.8, 4) is 34.3 Å². The SMILES string of the molecule is COc1ccc(-c2cnc(-c3ccccc3C(=O)NCC3CCCO3)o2)c(OC)c1. The van der Waals surface area contributed by atoms with Crippen LogP contribution in [0.2, 0.25) is 0 Å². The molecule has 4 rings (SSSR count). The molecule has 7 nitrogen and oxygen atoms in total. The lowest BCUT2D eigenvalue weighted by Gasteiger charge is -2.12. The Hall–Kier alpha value is -3.32. The van der Waals surface area contributed by atoms with Gasteiger partial charge in [-0.1, -0.05) is 12.1 Å². The summed E-state index contributed by atoms with van der Waals surface area (Å²) in [7, 11) is 3.19. The molecule has 0 spiro atoms. The molecular weight excluding hydrogens is 384 g/mol. The van der Waals surface area contributed by atoms with Gasteiger partial charge in [0.25, 0.3) is 5.91 Å². The Kier molecular flexibility index (Phi) is 5.99. The molecule has 2 aromatic carbocycles. The van der Waals surface area contributed by atoms with E-state index in [1.54, 1.807) is 32.5 Å². The molecule has 30 heavy (non-hydrogen) atoms. The molecule has 0 radical (unpaired) electrons. The van der Waals surface area contributed by atoms with Gasteiger partial charge in [-0.3, -0.25) is 4.79 Å². The summed E-state index contributed by atoms with van der Waals surface area (Å²) < 4.78 is 22.3. The van der Waals surface area contributed by atoms with Gasteiger partial charge in [-0.25, -0.2) is 4.98 Å². The lowest BCUT2D eigenvalue weighted by atomic mass is 10.1. The number of benzene rings is 2. The molecule has 0 saturated carbocycles. The number of oxazole rings is 1. The van der Waals surface area contributed by atoms with Crippen LogP contribution in [0.5, 0.6) is 11.5 Å². The number of amides is 1. The molecule has 1 amide bonds. The molecule has 1 saturated heterocycles. The van der Waals surface area contributed by atoms with Crippen molar-refractivity contribution in [3.05, 3.63) is 54.2 Å². The molecule has 1 atom stereocenters. The van der Waals surface area contributed by atoms with E-state index in [0.29, 0.717) is 40.8 Å². The second kappa shape index (κ2) is 9.00. The van der Waals surface area contributed by atoms with E-state index in [9.17, 15) is 4.79 Å². The zero-order valence-corrected chi connectivity index (χ0v) is 17.0. The summed E-state index contributed by atoms with van der Waals surface area (Å²) in [4.78, 5) is 17.2. The normalized spacial score (nSPS) is 15.7. The third-order valence-corrected chi connectivity index (χ3v) is 5.10. The summed E-state index contributed by atoms with van der Waals surface area (Å²) in [5.74, 6) is 2.02. The maximum Gasteiger partial charge on any atom is 0.252 e. The second-order valence-corrected chi connectivity index (χ2v) is 6.99. The Morgan fingerprint density at radius 2 is 2.03 bits per heavy atom. The summed E-state index contributed by atoms with van der Waals surface area (Å²) in [6.07, 6.45) is 3.71. The van der Waals surface area contributed by atoms with Gasteiger partial charge < -0.3 is 23.9 Å². The van der Waals surface area contributed by atoms with Gasteiger partial charge in [-0.15, -0.1) is 0 Å². The summed E-state index contributed by atoms with van der Waals surface area (Å²) in [6.45, 7) is 1.25. The predicted octanol–water partition coefficient (Wildman–Crippen LogP) is 3.93. The Morgan fingerprint density at radius 1 is 1.17 bits per heavy atom. The van der Waals surface area contributed by atoms with E-state index in [1.165, 1.54) is 0 Å². The number of rotatable bonds is 7. The van der Waals surface area contributed by atoms with Crippen molar-refractivity contribution in [2.45, 2.75) is 18.9 Å². The van der Waals surface area contributed by atoms with Crippen LogP contribution >= 0.6 is 0 Å². The van der Waals surface area contributed by atoms with Crippen molar-refractivity contribution in [1.29, 1.82) is 0 Å². The van der Waals surface area contributed by atoms with Crippen LogP contribution in [-0.2, 0) is 4.74 Å². The number of methoxy groups -OCH3 is 2. The van der Waals surface area contributed by atoms with Crippen molar-refractivity contribution in [2.24, 2.45) is 0 Å². The molecule has 1 aliphatic heterocycles. The van der Waals surface area contributed by atoms with Crippen LogP contribution in [0, 0.1) is 0 Å². The number of ether oxygens (including phenoxy) is 3. The third kappa shape index (κ3) is 4.16. The van der Waals surface area contributed by atoms with Crippen molar-refractivity contribution < 1.29 is 23.4 Å². The Bertz CT molecular complexity index is 1020. The van der Waals surface area contributed by atoms with Crippen LogP contribution in [0.15, 0.2) is 53.1 Å². The number of carbonyl (C=O) groups excluding carboxylic acids is 1. The number of nitrogens with one attached hydrogen (secondary N) is 1. The molecule has 156 valence electrons. The molecule has 2 heterocycles. The highest BCUT2D eigenvalue weighted by molar-refractivity contribution is 6.00. The second-order valence-electron chi connectivity index (χ2n) is 6.99. The zero-order valence-electron chi connectivity index (χ0n) is 17.0. The molecule has 1 fully saturated rings. The summed E-state index contributed by atoms with van der Waals surface area (Å²) in [5.41, 5.74) is 1.88. The molecule has 7 heteroatoms. The summed E-state index contributed by atoms with van der Waals surface area (Å²) in [6, 6.07) is 12.7. The fourth-order valence-electron chi connectivity index (χ4n) is 3.50. The van der Waals surface area contributed by atoms with E-state index in [4.69, 9.17) is 18.6 Å². The van der Waals surface area contributed by atoms with Crippen LogP contribution in [0.4, 0.5) is 0 Å². The number of carbonyl (C=O) groups is 1. The maximum absolute atomic E-state index is 12.8. The molecule has 1 aromatic heterocycles. The molecule has 0 aliphatic carbocycles. The van der Waals surface area contributed by atoms with Crippen molar-refractivity contribution in [2.75, 3.05) is 27.4 Å². The first-order chi connectivity index (χ1) is 14.7. The minimum absolute atomic E-state index is 0.0805. The quantitative estimate of drug-likeness (QED) is 0.638. The largest absolute Gasteiger partial charge is 0.497 e. The molecule has 1 unspecified atom stereocenters. The highest BCUT2D eigenvalue weighted by Crippen LogP contribution is 2.35. The first-order valence-corrected chi connectivity index (χ1v) is 9.87. The van der Waals surface area contributed by atoms with Crippen LogP contribution < -0.4 is 14.8 Å². The molecular formula is C23H24N2O5. The smallest absolute Gasteiger partial charge is 0.252 e. The average molecular weight is 408 g/mol. The average Bonchev–Trinajstić information content (AvgIpc) is 3.49. The predicted molar refractivity (Wildman–Crippen MR) is 112 cm³/mol. The third-order valence-electron chi connectivity index (χ3n) is 5.10. The van der Waals surface area contributed by atoms with E-state index in [1.807, 2.05) is 30.3 Å². The van der Waals surface area contributed by atoms with E-state index in [2.05, 4.69) is 10.3 Å². The lowest BCUT2D eigenvalue weighted by molar-refractivity contribution is 0.0858. The Balaban J connectivity index is 1.59. The zero-order chi connectivity index (χ0) is 20.9. The Morgan fingerprint density at radius 3 is 2.80 bits per heavy atom. The molecule has 1 N–H and O–H groups in total. The number of hydrogen-bond acceptors (Lipinski definition) is 6. The molecule has 1 aliphatic rings. The van der Waals surface area contributed by atoms with Gasteiger partial charge in [-0.05, 0) is 37.1 Å². The number of hydrogen-bond donors (Lipinski definition) is 1. The summed E-state index contributed by atoms with van der Waals surface area (Å²) in [5, 5.41) is 2.95. The van der Waals surface area contributed by atoms with Crippen molar-refractivity contribution >= 4 is 5.91 Å². The number of aromatic nitrogens is 1. The van der Waals surface area contributed by atoms with Gasteiger partial charge in [0, 0.05) is 24.8 Å². The van der Waals surface area contributed by atoms with Crippen LogP contribution in [0.25, 0.3) is 22.8 Å². The fourth-order valence-corrected chi connectivity index (χ4v) is 3.50. The van der Waals surface area contributed by atoms with Crippen molar-refractivity contribution in [1.82, 2.24) is 10.3 Å². The first kappa shape index (κ1) is 20.0.